The highest BCUT2D eigenvalue weighted by Gasteiger charge is 2.12. The normalized spacial score (nSPS) is 22.5. The van der Waals surface area contributed by atoms with Gasteiger partial charge in [0.05, 0.1) is 0 Å². The van der Waals surface area contributed by atoms with Crippen LogP contribution in [-0.2, 0) is 0 Å². The lowest BCUT2D eigenvalue weighted by atomic mass is 10.1. The fourth-order valence-corrected chi connectivity index (χ4v) is 1.84. The van der Waals surface area contributed by atoms with Gasteiger partial charge in [-0.15, -0.1) is 0 Å². The van der Waals surface area contributed by atoms with Crippen molar-refractivity contribution in [2.45, 2.75) is 25.8 Å². The van der Waals surface area contributed by atoms with E-state index in [0.29, 0.717) is 6.04 Å². The van der Waals surface area contributed by atoms with Gasteiger partial charge >= 0.3 is 0 Å². The Hall–Kier alpha value is -0.120. The highest BCUT2D eigenvalue weighted by Crippen LogP contribution is 2.03. The summed E-state index contributed by atoms with van der Waals surface area (Å²) in [5.41, 5.74) is 0. The monoisotopic (exact) mass is 199 g/mol. The summed E-state index contributed by atoms with van der Waals surface area (Å²) in [5.74, 6) is 0. The van der Waals surface area contributed by atoms with Crippen molar-refractivity contribution in [1.29, 1.82) is 0 Å². The van der Waals surface area contributed by atoms with E-state index in [9.17, 15) is 0 Å². The fraction of sp³-hybridized carbons (Fsp3) is 1.00. The number of nitrogens with zero attached hydrogens (tertiary/aromatic N) is 2. The van der Waals surface area contributed by atoms with Crippen molar-refractivity contribution >= 4 is 0 Å². The molecular formula is C11H25N3. The first-order valence-electron chi connectivity index (χ1n) is 5.80. The van der Waals surface area contributed by atoms with Gasteiger partial charge in [0.15, 0.2) is 0 Å². The van der Waals surface area contributed by atoms with Crippen molar-refractivity contribution in [3.63, 3.8) is 0 Å². The maximum Gasteiger partial charge on any atom is 0.0110 e. The summed E-state index contributed by atoms with van der Waals surface area (Å²) >= 11 is 0. The minimum atomic E-state index is 0.669. The van der Waals surface area contributed by atoms with Gasteiger partial charge in [-0.05, 0) is 40.4 Å². The number of nitrogens with one attached hydrogen (secondary N) is 1. The van der Waals surface area contributed by atoms with Crippen LogP contribution in [0.5, 0.6) is 0 Å². The van der Waals surface area contributed by atoms with Crippen LogP contribution in [0.2, 0.25) is 0 Å². The van der Waals surface area contributed by atoms with E-state index >= 15 is 0 Å². The molecule has 1 aliphatic rings. The second kappa shape index (κ2) is 6.38. The van der Waals surface area contributed by atoms with Crippen LogP contribution in [0.4, 0.5) is 0 Å². The topological polar surface area (TPSA) is 18.5 Å². The lowest BCUT2D eigenvalue weighted by Gasteiger charge is -2.32. The molecule has 1 atom stereocenters. The maximum absolute atomic E-state index is 3.28. The first kappa shape index (κ1) is 12.0. The number of likely N-dealkylation sites (N-methyl/N-ethyl adjacent to an activating group) is 1. The predicted octanol–water partition coefficient (Wildman–Crippen LogP) is 0.622. The number of hydrogen-bond acceptors (Lipinski definition) is 3. The summed E-state index contributed by atoms with van der Waals surface area (Å²) in [6.07, 6.45) is 2.62. The minimum absolute atomic E-state index is 0.669. The standard InChI is InChI=1S/C11H25N3/c1-11(12-2)5-4-6-14-9-7-13(3)8-10-14/h11-12H,4-10H2,1-3H3. The molecule has 0 radical (unpaired) electrons. The van der Waals surface area contributed by atoms with Crippen molar-refractivity contribution in [2.75, 3.05) is 46.8 Å². The van der Waals surface area contributed by atoms with E-state index in [1.54, 1.807) is 0 Å². The molecule has 0 saturated carbocycles. The quantitative estimate of drug-likeness (QED) is 0.700. The van der Waals surface area contributed by atoms with Crippen LogP contribution in [0, 0.1) is 0 Å². The van der Waals surface area contributed by atoms with E-state index in [4.69, 9.17) is 0 Å². The smallest absolute Gasteiger partial charge is 0.0110 e. The van der Waals surface area contributed by atoms with Crippen LogP contribution in [0.25, 0.3) is 0 Å². The molecule has 1 N–H and O–H groups in total. The van der Waals surface area contributed by atoms with Crippen LogP contribution < -0.4 is 5.32 Å². The average Bonchev–Trinajstić information content (AvgIpc) is 2.21. The summed E-state index contributed by atoms with van der Waals surface area (Å²) in [6, 6.07) is 0.669. The van der Waals surface area contributed by atoms with E-state index in [-0.39, 0.29) is 0 Å². The van der Waals surface area contributed by atoms with Crippen molar-refractivity contribution in [1.82, 2.24) is 15.1 Å². The summed E-state index contributed by atoms with van der Waals surface area (Å²) in [7, 11) is 4.25. The molecule has 1 aliphatic heterocycles. The van der Waals surface area contributed by atoms with E-state index in [1.165, 1.54) is 45.6 Å². The third-order valence-corrected chi connectivity index (χ3v) is 3.20. The van der Waals surface area contributed by atoms with Crippen molar-refractivity contribution < 1.29 is 0 Å². The van der Waals surface area contributed by atoms with Gasteiger partial charge in [0.2, 0.25) is 0 Å². The fourth-order valence-electron chi connectivity index (χ4n) is 1.84. The molecule has 3 heteroatoms. The van der Waals surface area contributed by atoms with Gasteiger partial charge in [0.1, 0.15) is 0 Å². The van der Waals surface area contributed by atoms with Crippen molar-refractivity contribution in [3.05, 3.63) is 0 Å². The van der Waals surface area contributed by atoms with Crippen LogP contribution in [0.15, 0.2) is 0 Å². The Morgan fingerprint density at radius 2 is 1.86 bits per heavy atom. The Labute approximate surface area is 88.5 Å². The molecule has 1 unspecified atom stereocenters. The van der Waals surface area contributed by atoms with E-state index < -0.39 is 0 Å². The molecule has 1 fully saturated rings. The van der Waals surface area contributed by atoms with Gasteiger partial charge in [-0.3, -0.25) is 0 Å². The van der Waals surface area contributed by atoms with Gasteiger partial charge in [0, 0.05) is 32.2 Å². The van der Waals surface area contributed by atoms with Gasteiger partial charge in [-0.1, -0.05) is 0 Å². The Balaban J connectivity index is 2.02. The molecule has 0 bridgehead atoms. The first-order chi connectivity index (χ1) is 6.72. The molecule has 3 nitrogen and oxygen atoms in total. The predicted molar refractivity (Wildman–Crippen MR) is 61.7 cm³/mol. The average molecular weight is 199 g/mol. The van der Waals surface area contributed by atoms with E-state index in [1.807, 2.05) is 7.05 Å². The van der Waals surface area contributed by atoms with E-state index in [2.05, 4.69) is 29.1 Å². The second-order valence-electron chi connectivity index (χ2n) is 4.48. The summed E-state index contributed by atoms with van der Waals surface area (Å²) < 4.78 is 0. The van der Waals surface area contributed by atoms with Gasteiger partial charge in [-0.25, -0.2) is 0 Å². The summed E-state index contributed by atoms with van der Waals surface area (Å²) in [6.45, 7) is 8.52. The molecule has 0 aliphatic carbocycles. The van der Waals surface area contributed by atoms with Crippen LogP contribution in [0.3, 0.4) is 0 Å². The lowest BCUT2D eigenvalue weighted by Crippen LogP contribution is -2.44. The van der Waals surface area contributed by atoms with Crippen molar-refractivity contribution in [2.24, 2.45) is 0 Å². The molecular weight excluding hydrogens is 174 g/mol. The van der Waals surface area contributed by atoms with Crippen LogP contribution >= 0.6 is 0 Å². The molecule has 0 aromatic carbocycles. The number of hydrogen-bond donors (Lipinski definition) is 1. The number of piperazine rings is 1. The van der Waals surface area contributed by atoms with Gasteiger partial charge in [-0.2, -0.15) is 0 Å². The zero-order valence-corrected chi connectivity index (χ0v) is 9.92. The van der Waals surface area contributed by atoms with Crippen LogP contribution in [-0.4, -0.2) is 62.7 Å². The Morgan fingerprint density at radius 1 is 1.21 bits per heavy atom. The Kier molecular flexibility index (Phi) is 5.45. The maximum atomic E-state index is 3.28. The zero-order valence-electron chi connectivity index (χ0n) is 9.92. The third kappa shape index (κ3) is 4.40. The zero-order chi connectivity index (χ0) is 10.4. The Morgan fingerprint density at radius 3 is 2.43 bits per heavy atom. The second-order valence-corrected chi connectivity index (χ2v) is 4.48. The van der Waals surface area contributed by atoms with Gasteiger partial charge < -0.3 is 15.1 Å². The summed E-state index contributed by atoms with van der Waals surface area (Å²) in [5, 5.41) is 3.28. The molecule has 84 valence electrons. The molecule has 0 aromatic rings. The largest absolute Gasteiger partial charge is 0.317 e. The number of rotatable bonds is 5. The molecule has 0 spiro atoms. The molecule has 14 heavy (non-hydrogen) atoms. The minimum Gasteiger partial charge on any atom is -0.317 e. The van der Waals surface area contributed by atoms with E-state index in [0.717, 1.165) is 0 Å². The Bertz CT molecular complexity index is 141. The third-order valence-electron chi connectivity index (χ3n) is 3.20. The SMILES string of the molecule is CNC(C)CCCN1CCN(C)CC1. The molecule has 1 rings (SSSR count). The molecule has 1 heterocycles. The molecule has 0 amide bonds. The van der Waals surface area contributed by atoms with Crippen LogP contribution in [0.1, 0.15) is 19.8 Å². The molecule has 1 saturated heterocycles. The summed E-state index contributed by atoms with van der Waals surface area (Å²) in [4.78, 5) is 5.00. The highest BCUT2D eigenvalue weighted by atomic mass is 15.2. The lowest BCUT2D eigenvalue weighted by molar-refractivity contribution is 0.151. The van der Waals surface area contributed by atoms with Gasteiger partial charge in [0.25, 0.3) is 0 Å². The first-order valence-corrected chi connectivity index (χ1v) is 5.80. The highest BCUT2D eigenvalue weighted by molar-refractivity contribution is 4.69. The molecule has 0 aromatic heterocycles. The van der Waals surface area contributed by atoms with Crippen molar-refractivity contribution in [3.8, 4) is 0 Å².